The Morgan fingerprint density at radius 2 is 2.05 bits per heavy atom. The van der Waals surface area contributed by atoms with Crippen LogP contribution in [-0.2, 0) is 11.2 Å². The number of halogens is 2. The molecule has 0 aromatic heterocycles. The van der Waals surface area contributed by atoms with Crippen molar-refractivity contribution in [3.8, 4) is 0 Å². The van der Waals surface area contributed by atoms with Gasteiger partial charge in [-0.2, -0.15) is 0 Å². The summed E-state index contributed by atoms with van der Waals surface area (Å²) >= 11 is 6.21. The van der Waals surface area contributed by atoms with E-state index in [4.69, 9.17) is 17.3 Å². The molecule has 0 saturated heterocycles. The summed E-state index contributed by atoms with van der Waals surface area (Å²) in [6.45, 7) is 4.68. The number of carbonyl (C=O) groups is 1. The van der Waals surface area contributed by atoms with Crippen molar-refractivity contribution >= 4 is 29.9 Å². The SMILES string of the molecule is CC(C)(Cc1ccccc1Cl)NC(=O)[C@@H]1CCC[C@@H]1CN.Cl. The highest BCUT2D eigenvalue weighted by Crippen LogP contribution is 2.31. The molecule has 1 aromatic carbocycles. The van der Waals surface area contributed by atoms with Crippen LogP contribution in [0.4, 0.5) is 0 Å². The van der Waals surface area contributed by atoms with Crippen molar-refractivity contribution in [3.63, 3.8) is 0 Å². The number of hydrogen-bond acceptors (Lipinski definition) is 2. The fourth-order valence-electron chi connectivity index (χ4n) is 3.25. The Balaban J connectivity index is 0.00000242. The maximum atomic E-state index is 12.5. The second-order valence-electron chi connectivity index (χ2n) is 6.67. The van der Waals surface area contributed by atoms with Crippen LogP contribution in [0, 0.1) is 11.8 Å². The number of amides is 1. The topological polar surface area (TPSA) is 55.1 Å². The Labute approximate surface area is 144 Å². The van der Waals surface area contributed by atoms with Gasteiger partial charge < -0.3 is 11.1 Å². The number of nitrogens with two attached hydrogens (primary N) is 1. The molecule has 1 aliphatic carbocycles. The first-order valence-electron chi connectivity index (χ1n) is 7.68. The van der Waals surface area contributed by atoms with Crippen LogP contribution in [-0.4, -0.2) is 18.0 Å². The van der Waals surface area contributed by atoms with Crippen molar-refractivity contribution in [2.75, 3.05) is 6.54 Å². The summed E-state index contributed by atoms with van der Waals surface area (Å²) in [6, 6.07) is 7.78. The van der Waals surface area contributed by atoms with Crippen molar-refractivity contribution in [1.29, 1.82) is 0 Å². The average molecular weight is 345 g/mol. The monoisotopic (exact) mass is 344 g/mol. The van der Waals surface area contributed by atoms with Gasteiger partial charge in [0.2, 0.25) is 5.91 Å². The summed E-state index contributed by atoms with van der Waals surface area (Å²) in [7, 11) is 0. The molecule has 1 aromatic rings. The number of benzene rings is 1. The maximum absolute atomic E-state index is 12.5. The van der Waals surface area contributed by atoms with E-state index in [1.54, 1.807) is 0 Å². The summed E-state index contributed by atoms with van der Waals surface area (Å²) in [4.78, 5) is 12.5. The molecule has 1 saturated carbocycles. The molecule has 1 amide bonds. The van der Waals surface area contributed by atoms with Crippen molar-refractivity contribution in [3.05, 3.63) is 34.9 Å². The molecule has 0 aliphatic heterocycles. The van der Waals surface area contributed by atoms with Crippen LogP contribution < -0.4 is 11.1 Å². The molecule has 124 valence electrons. The van der Waals surface area contributed by atoms with E-state index in [1.807, 2.05) is 38.1 Å². The highest BCUT2D eigenvalue weighted by Gasteiger charge is 2.34. The molecular formula is C17H26Cl2N2O. The second-order valence-corrected chi connectivity index (χ2v) is 7.08. The standard InChI is InChI=1S/C17H25ClN2O.ClH/c1-17(2,10-12-6-3-4-9-15(12)18)20-16(21)14-8-5-7-13(14)11-19;/h3-4,6,9,13-14H,5,7-8,10-11,19H2,1-2H3,(H,20,21);1H/t13-,14-;/m1./s1. The third kappa shape index (κ3) is 4.87. The first-order valence-corrected chi connectivity index (χ1v) is 8.06. The van der Waals surface area contributed by atoms with Crippen molar-refractivity contribution < 1.29 is 4.79 Å². The zero-order chi connectivity index (χ0) is 15.5. The van der Waals surface area contributed by atoms with Crippen LogP contribution >= 0.6 is 24.0 Å². The van der Waals surface area contributed by atoms with Gasteiger partial charge in [0.1, 0.15) is 0 Å². The normalized spacial score (nSPS) is 21.3. The third-order valence-corrected chi connectivity index (χ3v) is 4.72. The highest BCUT2D eigenvalue weighted by molar-refractivity contribution is 6.31. The molecule has 0 bridgehead atoms. The van der Waals surface area contributed by atoms with Crippen LogP contribution in [0.1, 0.15) is 38.7 Å². The maximum Gasteiger partial charge on any atom is 0.223 e. The van der Waals surface area contributed by atoms with Gasteiger partial charge in [-0.1, -0.05) is 36.2 Å². The minimum absolute atomic E-state index is 0. The van der Waals surface area contributed by atoms with Gasteiger partial charge in [-0.15, -0.1) is 12.4 Å². The fourth-order valence-corrected chi connectivity index (χ4v) is 3.45. The van der Waals surface area contributed by atoms with Gasteiger partial charge in [0, 0.05) is 16.5 Å². The predicted molar refractivity (Wildman–Crippen MR) is 94.5 cm³/mol. The lowest BCUT2D eigenvalue weighted by molar-refractivity contribution is -0.127. The highest BCUT2D eigenvalue weighted by atomic mass is 35.5. The summed E-state index contributed by atoms with van der Waals surface area (Å²) < 4.78 is 0. The fraction of sp³-hybridized carbons (Fsp3) is 0.588. The van der Waals surface area contributed by atoms with E-state index in [-0.39, 0.29) is 29.8 Å². The van der Waals surface area contributed by atoms with Gasteiger partial charge in [-0.3, -0.25) is 4.79 Å². The summed E-state index contributed by atoms with van der Waals surface area (Å²) in [5.74, 6) is 0.543. The van der Waals surface area contributed by atoms with E-state index in [9.17, 15) is 4.79 Å². The number of carbonyl (C=O) groups excluding carboxylic acids is 1. The van der Waals surface area contributed by atoms with Crippen LogP contribution in [0.5, 0.6) is 0 Å². The molecule has 0 unspecified atom stereocenters. The minimum atomic E-state index is -0.316. The molecule has 3 N–H and O–H groups in total. The minimum Gasteiger partial charge on any atom is -0.351 e. The van der Waals surface area contributed by atoms with Crippen molar-refractivity contribution in [2.45, 2.75) is 45.1 Å². The van der Waals surface area contributed by atoms with Gasteiger partial charge in [0.25, 0.3) is 0 Å². The Hall–Kier alpha value is -0.770. The van der Waals surface area contributed by atoms with E-state index in [0.717, 1.165) is 36.3 Å². The zero-order valence-electron chi connectivity index (χ0n) is 13.3. The average Bonchev–Trinajstić information content (AvgIpc) is 2.89. The first kappa shape index (κ1) is 19.3. The smallest absolute Gasteiger partial charge is 0.223 e. The van der Waals surface area contributed by atoms with Gasteiger partial charge in [-0.25, -0.2) is 0 Å². The quantitative estimate of drug-likeness (QED) is 0.857. The van der Waals surface area contributed by atoms with Crippen LogP contribution in [0.2, 0.25) is 5.02 Å². The van der Waals surface area contributed by atoms with E-state index >= 15 is 0 Å². The molecule has 2 atom stereocenters. The van der Waals surface area contributed by atoms with Gasteiger partial charge in [0.15, 0.2) is 0 Å². The van der Waals surface area contributed by atoms with Gasteiger partial charge >= 0.3 is 0 Å². The van der Waals surface area contributed by atoms with E-state index in [0.29, 0.717) is 12.5 Å². The van der Waals surface area contributed by atoms with E-state index in [1.165, 1.54) is 0 Å². The van der Waals surface area contributed by atoms with Crippen molar-refractivity contribution in [2.24, 2.45) is 17.6 Å². The molecule has 5 heteroatoms. The second kappa shape index (κ2) is 8.19. The Kier molecular flexibility index (Phi) is 7.17. The molecule has 22 heavy (non-hydrogen) atoms. The zero-order valence-corrected chi connectivity index (χ0v) is 14.8. The molecule has 1 fully saturated rings. The molecule has 1 aliphatic rings. The molecule has 0 spiro atoms. The summed E-state index contributed by atoms with van der Waals surface area (Å²) in [5.41, 5.74) is 6.52. The Morgan fingerprint density at radius 1 is 1.36 bits per heavy atom. The summed E-state index contributed by atoms with van der Waals surface area (Å²) in [5, 5.41) is 3.94. The first-order chi connectivity index (χ1) is 9.93. The van der Waals surface area contributed by atoms with Gasteiger partial charge in [0.05, 0.1) is 0 Å². The van der Waals surface area contributed by atoms with Crippen molar-refractivity contribution in [1.82, 2.24) is 5.32 Å². The number of nitrogens with one attached hydrogen (secondary N) is 1. The van der Waals surface area contributed by atoms with Crippen LogP contribution in [0.3, 0.4) is 0 Å². The van der Waals surface area contributed by atoms with E-state index < -0.39 is 0 Å². The van der Waals surface area contributed by atoms with Gasteiger partial charge in [-0.05, 0) is 57.2 Å². The molecule has 3 nitrogen and oxygen atoms in total. The Bertz CT molecular complexity index is 505. The molecular weight excluding hydrogens is 319 g/mol. The molecule has 0 radical (unpaired) electrons. The lowest BCUT2D eigenvalue weighted by Crippen LogP contribution is -2.48. The Morgan fingerprint density at radius 3 is 2.68 bits per heavy atom. The molecule has 0 heterocycles. The lowest BCUT2D eigenvalue weighted by atomic mass is 9.91. The number of rotatable bonds is 5. The lowest BCUT2D eigenvalue weighted by Gasteiger charge is -2.29. The third-order valence-electron chi connectivity index (χ3n) is 4.35. The summed E-state index contributed by atoms with van der Waals surface area (Å²) in [6.07, 6.45) is 3.85. The predicted octanol–water partition coefficient (Wildman–Crippen LogP) is 3.57. The molecule has 2 rings (SSSR count). The van der Waals surface area contributed by atoms with Crippen LogP contribution in [0.15, 0.2) is 24.3 Å². The largest absolute Gasteiger partial charge is 0.351 e. The van der Waals surface area contributed by atoms with Crippen LogP contribution in [0.25, 0.3) is 0 Å². The van der Waals surface area contributed by atoms with E-state index in [2.05, 4.69) is 5.32 Å². The number of hydrogen-bond donors (Lipinski definition) is 2.